The summed E-state index contributed by atoms with van der Waals surface area (Å²) in [4.78, 5) is 0. The van der Waals surface area contributed by atoms with Crippen LogP contribution in [0.3, 0.4) is 0 Å². The van der Waals surface area contributed by atoms with E-state index in [2.05, 4.69) is 0 Å². The van der Waals surface area contributed by atoms with Gasteiger partial charge < -0.3 is 0 Å². The van der Waals surface area contributed by atoms with Gasteiger partial charge in [0.25, 0.3) is 0 Å². The number of hydrogen-bond acceptors (Lipinski definition) is 2. The van der Waals surface area contributed by atoms with Crippen LogP contribution in [0.4, 0.5) is 30.7 Å². The summed E-state index contributed by atoms with van der Waals surface area (Å²) in [6.45, 7) is 0. The SMILES string of the molecule is Br.O=S(=O)(O)C(F)(F)C(F)(F)C(F)(F)F. The van der Waals surface area contributed by atoms with Gasteiger partial charge in [0.1, 0.15) is 0 Å². The highest BCUT2D eigenvalue weighted by atomic mass is 79.9. The van der Waals surface area contributed by atoms with Gasteiger partial charge >= 0.3 is 27.5 Å². The van der Waals surface area contributed by atoms with Gasteiger partial charge in [-0.25, -0.2) is 0 Å². The van der Waals surface area contributed by atoms with Crippen molar-refractivity contribution in [3.63, 3.8) is 0 Å². The monoisotopic (exact) mass is 330 g/mol. The summed E-state index contributed by atoms with van der Waals surface area (Å²) >= 11 is 0. The van der Waals surface area contributed by atoms with E-state index in [0.29, 0.717) is 0 Å². The average Bonchev–Trinajstić information content (AvgIpc) is 1.81. The van der Waals surface area contributed by atoms with Crippen LogP contribution in [0, 0.1) is 0 Å². The van der Waals surface area contributed by atoms with E-state index < -0.39 is 27.5 Å². The molecule has 0 saturated carbocycles. The maximum atomic E-state index is 11.9. The van der Waals surface area contributed by atoms with Gasteiger partial charge in [0.15, 0.2) is 0 Å². The molecule has 0 aliphatic carbocycles. The molecule has 12 heteroatoms. The first-order valence-corrected chi connectivity index (χ1v) is 3.98. The Morgan fingerprint density at radius 3 is 1.20 bits per heavy atom. The Bertz CT molecular complexity index is 319. The molecule has 0 aromatic heterocycles. The molecular formula is C3H2BrF7O3S. The molecule has 3 nitrogen and oxygen atoms in total. The van der Waals surface area contributed by atoms with Gasteiger partial charge in [0.05, 0.1) is 0 Å². The fraction of sp³-hybridized carbons (Fsp3) is 1.00. The molecule has 0 radical (unpaired) electrons. The van der Waals surface area contributed by atoms with Crippen LogP contribution in [-0.2, 0) is 10.1 Å². The van der Waals surface area contributed by atoms with E-state index in [1.165, 1.54) is 0 Å². The zero-order valence-corrected chi connectivity index (χ0v) is 8.76. The smallest absolute Gasteiger partial charge is 0.281 e. The molecule has 0 aromatic rings. The predicted molar refractivity (Wildman–Crippen MR) is 37.8 cm³/mol. The van der Waals surface area contributed by atoms with E-state index in [0.717, 1.165) is 0 Å². The molecule has 0 heterocycles. The van der Waals surface area contributed by atoms with Crippen molar-refractivity contribution < 1.29 is 43.7 Å². The van der Waals surface area contributed by atoms with Crippen molar-refractivity contribution in [2.75, 3.05) is 0 Å². The first kappa shape index (κ1) is 17.3. The number of rotatable bonds is 2. The summed E-state index contributed by atoms with van der Waals surface area (Å²) < 4.78 is 108. The van der Waals surface area contributed by atoms with Crippen LogP contribution in [0.15, 0.2) is 0 Å². The molecular weight excluding hydrogens is 329 g/mol. The average molecular weight is 331 g/mol. The number of hydrogen-bond donors (Lipinski definition) is 1. The van der Waals surface area contributed by atoms with Gasteiger partial charge in [-0.1, -0.05) is 0 Å². The van der Waals surface area contributed by atoms with Gasteiger partial charge in [-0.15, -0.1) is 17.0 Å². The maximum absolute atomic E-state index is 11.9. The molecule has 94 valence electrons. The first-order chi connectivity index (χ1) is 5.75. The third-order valence-electron chi connectivity index (χ3n) is 1.05. The molecule has 0 fully saturated rings. The standard InChI is InChI=1S/C3HF7O3S.BrH/c4-1(5,2(6,7)8)3(9,10)14(11,12)13;/h(H,11,12,13);1H. The van der Waals surface area contributed by atoms with E-state index in [4.69, 9.17) is 4.55 Å². The topological polar surface area (TPSA) is 54.4 Å². The van der Waals surface area contributed by atoms with Crippen molar-refractivity contribution in [1.29, 1.82) is 0 Å². The summed E-state index contributed by atoms with van der Waals surface area (Å²) in [6, 6.07) is 0. The third kappa shape index (κ3) is 2.72. The van der Waals surface area contributed by atoms with Gasteiger partial charge in [-0.2, -0.15) is 39.2 Å². The van der Waals surface area contributed by atoms with Gasteiger partial charge in [-0.3, -0.25) is 4.55 Å². The van der Waals surface area contributed by atoms with Crippen LogP contribution >= 0.6 is 17.0 Å². The second kappa shape index (κ2) is 4.05. The van der Waals surface area contributed by atoms with Crippen LogP contribution in [0.1, 0.15) is 0 Å². The summed E-state index contributed by atoms with van der Waals surface area (Å²) in [7, 11) is -6.85. The lowest BCUT2D eigenvalue weighted by atomic mass is 10.3. The van der Waals surface area contributed by atoms with Crippen molar-refractivity contribution in [2.45, 2.75) is 17.4 Å². The summed E-state index contributed by atoms with van der Waals surface area (Å²) in [5.41, 5.74) is 0. The lowest BCUT2D eigenvalue weighted by Gasteiger charge is -2.25. The Kier molecular flexibility index (Phi) is 4.67. The van der Waals surface area contributed by atoms with Crippen molar-refractivity contribution in [1.82, 2.24) is 0 Å². The maximum Gasteiger partial charge on any atom is 0.461 e. The molecule has 0 atom stereocenters. The van der Waals surface area contributed by atoms with Crippen molar-refractivity contribution >= 4 is 27.1 Å². The van der Waals surface area contributed by atoms with Crippen LogP contribution in [0.5, 0.6) is 0 Å². The van der Waals surface area contributed by atoms with Crippen molar-refractivity contribution in [3.05, 3.63) is 0 Å². The molecule has 0 aromatic carbocycles. The summed E-state index contributed by atoms with van der Waals surface area (Å²) in [6.07, 6.45) is -6.79. The Morgan fingerprint density at radius 2 is 1.13 bits per heavy atom. The van der Waals surface area contributed by atoms with E-state index in [1.54, 1.807) is 0 Å². The van der Waals surface area contributed by atoms with Crippen molar-refractivity contribution in [3.8, 4) is 0 Å². The molecule has 0 bridgehead atoms. The quantitative estimate of drug-likeness (QED) is 0.624. The molecule has 0 amide bonds. The largest absolute Gasteiger partial charge is 0.461 e. The van der Waals surface area contributed by atoms with E-state index in [9.17, 15) is 39.2 Å². The van der Waals surface area contributed by atoms with E-state index in [-0.39, 0.29) is 17.0 Å². The molecule has 0 unspecified atom stereocenters. The second-order valence-corrected chi connectivity index (χ2v) is 3.53. The summed E-state index contributed by atoms with van der Waals surface area (Å²) in [5.74, 6) is -6.85. The molecule has 15 heavy (non-hydrogen) atoms. The highest BCUT2D eigenvalue weighted by Crippen LogP contribution is 2.48. The van der Waals surface area contributed by atoms with Gasteiger partial charge in [0, 0.05) is 0 Å². The Morgan fingerprint density at radius 1 is 0.867 bits per heavy atom. The summed E-state index contributed by atoms with van der Waals surface area (Å²) in [5, 5.41) is -6.61. The Hall–Kier alpha value is -0.100. The minimum atomic E-state index is -6.85. The van der Waals surface area contributed by atoms with Gasteiger partial charge in [-0.05, 0) is 0 Å². The number of halogens is 8. The fourth-order valence-electron chi connectivity index (χ4n) is 0.327. The molecule has 0 saturated heterocycles. The van der Waals surface area contributed by atoms with Crippen LogP contribution < -0.4 is 0 Å². The first-order valence-electron chi connectivity index (χ1n) is 2.54. The zero-order chi connectivity index (χ0) is 12.0. The lowest BCUT2D eigenvalue weighted by Crippen LogP contribution is -2.55. The van der Waals surface area contributed by atoms with Crippen LogP contribution in [-0.4, -0.2) is 30.3 Å². The Labute approximate surface area is 88.8 Å². The molecule has 0 rings (SSSR count). The lowest BCUT2D eigenvalue weighted by molar-refractivity contribution is -0.333. The fourth-order valence-corrected chi connectivity index (χ4v) is 0.767. The molecule has 0 aliphatic heterocycles. The minimum Gasteiger partial charge on any atom is -0.281 e. The van der Waals surface area contributed by atoms with Gasteiger partial charge in [0.2, 0.25) is 0 Å². The highest BCUT2D eigenvalue weighted by Gasteiger charge is 2.78. The normalized spacial score (nSPS) is 14.7. The predicted octanol–water partition coefficient (Wildman–Crippen LogP) is 2.24. The third-order valence-corrected chi connectivity index (χ3v) is 1.95. The van der Waals surface area contributed by atoms with Crippen molar-refractivity contribution in [2.24, 2.45) is 0 Å². The molecule has 0 spiro atoms. The Balaban J connectivity index is 0. The van der Waals surface area contributed by atoms with E-state index in [1.807, 2.05) is 0 Å². The molecule has 1 N–H and O–H groups in total. The van der Waals surface area contributed by atoms with Crippen LogP contribution in [0.25, 0.3) is 0 Å². The minimum absolute atomic E-state index is 0. The second-order valence-electron chi connectivity index (χ2n) is 2.06. The van der Waals surface area contributed by atoms with E-state index >= 15 is 0 Å². The zero-order valence-electron chi connectivity index (χ0n) is 6.23. The molecule has 0 aliphatic rings. The highest BCUT2D eigenvalue weighted by molar-refractivity contribution is 8.93. The number of alkyl halides is 7. The van der Waals surface area contributed by atoms with Crippen LogP contribution in [0.2, 0.25) is 0 Å².